The van der Waals surface area contributed by atoms with Crippen LogP contribution in [0.3, 0.4) is 0 Å². The minimum Gasteiger partial charge on any atom is -0.325 e. The zero-order chi connectivity index (χ0) is 23.2. The van der Waals surface area contributed by atoms with Crippen molar-refractivity contribution in [2.75, 3.05) is 5.32 Å². The number of rotatable bonds is 7. The summed E-state index contributed by atoms with van der Waals surface area (Å²) in [6.45, 7) is 3.34. The van der Waals surface area contributed by atoms with Crippen LogP contribution in [0, 0.1) is 0 Å². The van der Waals surface area contributed by atoms with E-state index in [1.807, 2.05) is 73.7 Å². The predicted octanol–water partition coefficient (Wildman–Crippen LogP) is 6.13. The van der Waals surface area contributed by atoms with E-state index in [4.69, 9.17) is 9.97 Å². The molecule has 0 bridgehead atoms. The second kappa shape index (κ2) is 10.2. The Morgan fingerprint density at radius 1 is 0.788 bits per heavy atom. The number of anilines is 1. The van der Waals surface area contributed by atoms with Gasteiger partial charge in [0.15, 0.2) is 10.9 Å². The fraction of sp³-hybridized carbons (Fsp3) is 0.111. The molecule has 164 valence electrons. The third-order valence-corrected chi connectivity index (χ3v) is 6.02. The highest BCUT2D eigenvalue weighted by Gasteiger charge is 2.18. The largest absolute Gasteiger partial charge is 0.325 e. The van der Waals surface area contributed by atoms with E-state index in [2.05, 4.69) is 5.32 Å². The molecule has 0 aliphatic carbocycles. The van der Waals surface area contributed by atoms with Gasteiger partial charge >= 0.3 is 0 Å². The molecule has 1 heterocycles. The standard InChI is InChI=1S/C27H23N3O2S/c1-18(31)20-13-15-23(16-14-20)28-26(32)19(2)33-27-29-24(21-9-5-3-6-10-21)17-25(30-27)22-11-7-4-8-12-22/h3-17,19H,1-2H3,(H,28,32). The van der Waals surface area contributed by atoms with Gasteiger partial charge in [0.05, 0.1) is 16.6 Å². The van der Waals surface area contributed by atoms with E-state index in [0.717, 1.165) is 22.5 Å². The Morgan fingerprint density at radius 2 is 1.30 bits per heavy atom. The molecular formula is C27H23N3O2S. The summed E-state index contributed by atoms with van der Waals surface area (Å²) < 4.78 is 0. The molecule has 3 aromatic carbocycles. The summed E-state index contributed by atoms with van der Waals surface area (Å²) >= 11 is 1.31. The molecule has 4 aromatic rings. The van der Waals surface area contributed by atoms with Crippen LogP contribution >= 0.6 is 11.8 Å². The maximum atomic E-state index is 12.8. The Hall–Kier alpha value is -3.77. The lowest BCUT2D eigenvalue weighted by atomic mass is 10.1. The Bertz CT molecular complexity index is 1200. The first-order valence-corrected chi connectivity index (χ1v) is 11.5. The zero-order valence-corrected chi connectivity index (χ0v) is 19.2. The van der Waals surface area contributed by atoms with Crippen molar-refractivity contribution in [2.24, 2.45) is 0 Å². The third kappa shape index (κ3) is 5.73. The van der Waals surface area contributed by atoms with Gasteiger partial charge in [-0.1, -0.05) is 72.4 Å². The first-order chi connectivity index (χ1) is 16.0. The summed E-state index contributed by atoms with van der Waals surface area (Å²) in [4.78, 5) is 33.7. The molecule has 0 fully saturated rings. The van der Waals surface area contributed by atoms with Crippen molar-refractivity contribution < 1.29 is 9.59 Å². The van der Waals surface area contributed by atoms with Gasteiger partial charge in [0, 0.05) is 22.4 Å². The maximum absolute atomic E-state index is 12.8. The number of benzene rings is 3. The van der Waals surface area contributed by atoms with Gasteiger partial charge in [-0.3, -0.25) is 9.59 Å². The molecule has 0 spiro atoms. The average molecular weight is 454 g/mol. The highest BCUT2D eigenvalue weighted by atomic mass is 32.2. The van der Waals surface area contributed by atoms with E-state index >= 15 is 0 Å². The number of thioether (sulfide) groups is 1. The van der Waals surface area contributed by atoms with Crippen molar-refractivity contribution in [3.8, 4) is 22.5 Å². The number of carbonyl (C=O) groups is 2. The normalized spacial score (nSPS) is 11.6. The summed E-state index contributed by atoms with van der Waals surface area (Å²) in [5.41, 5.74) is 4.83. The molecule has 1 aromatic heterocycles. The Kier molecular flexibility index (Phi) is 6.95. The van der Waals surface area contributed by atoms with Crippen molar-refractivity contribution in [3.63, 3.8) is 0 Å². The number of ketones is 1. The van der Waals surface area contributed by atoms with E-state index in [-0.39, 0.29) is 11.7 Å². The van der Waals surface area contributed by atoms with Crippen molar-refractivity contribution in [1.82, 2.24) is 9.97 Å². The van der Waals surface area contributed by atoms with E-state index in [9.17, 15) is 9.59 Å². The van der Waals surface area contributed by atoms with Crippen LogP contribution in [0.5, 0.6) is 0 Å². The number of nitrogens with zero attached hydrogens (tertiary/aromatic N) is 2. The minimum atomic E-state index is -0.424. The fourth-order valence-corrected chi connectivity index (χ4v) is 4.02. The molecule has 0 radical (unpaired) electrons. The SMILES string of the molecule is CC(=O)c1ccc(NC(=O)C(C)Sc2nc(-c3ccccc3)cc(-c3ccccc3)n2)cc1. The van der Waals surface area contributed by atoms with Crippen LogP contribution < -0.4 is 5.32 Å². The molecule has 5 nitrogen and oxygen atoms in total. The molecule has 1 amide bonds. The third-order valence-electron chi connectivity index (χ3n) is 5.06. The molecule has 0 saturated heterocycles. The summed E-state index contributed by atoms with van der Waals surface area (Å²) in [5.74, 6) is -0.174. The first-order valence-electron chi connectivity index (χ1n) is 10.6. The molecule has 1 atom stereocenters. The summed E-state index contributed by atoms with van der Waals surface area (Å²) in [6.07, 6.45) is 0. The van der Waals surface area contributed by atoms with Crippen LogP contribution in [0.1, 0.15) is 24.2 Å². The number of hydrogen-bond donors (Lipinski definition) is 1. The monoisotopic (exact) mass is 453 g/mol. The number of amides is 1. The average Bonchev–Trinajstić information content (AvgIpc) is 2.85. The van der Waals surface area contributed by atoms with Gasteiger partial charge in [-0.05, 0) is 44.2 Å². The highest BCUT2D eigenvalue weighted by Crippen LogP contribution is 2.29. The lowest BCUT2D eigenvalue weighted by molar-refractivity contribution is -0.115. The number of aromatic nitrogens is 2. The van der Waals surface area contributed by atoms with Crippen molar-refractivity contribution in [2.45, 2.75) is 24.3 Å². The fourth-order valence-electron chi connectivity index (χ4n) is 3.24. The van der Waals surface area contributed by atoms with Crippen LogP contribution in [0.4, 0.5) is 5.69 Å². The Labute approximate surface area is 197 Å². The summed E-state index contributed by atoms with van der Waals surface area (Å²) in [5, 5.41) is 3.00. The molecule has 0 saturated carbocycles. The topological polar surface area (TPSA) is 72.0 Å². The quantitative estimate of drug-likeness (QED) is 0.207. The van der Waals surface area contributed by atoms with Crippen molar-refractivity contribution in [3.05, 3.63) is 96.6 Å². The molecule has 1 unspecified atom stereocenters. The van der Waals surface area contributed by atoms with E-state index in [0.29, 0.717) is 16.4 Å². The summed E-state index contributed by atoms with van der Waals surface area (Å²) in [6, 6.07) is 28.7. The highest BCUT2D eigenvalue weighted by molar-refractivity contribution is 8.00. The number of hydrogen-bond acceptors (Lipinski definition) is 5. The Balaban J connectivity index is 1.57. The zero-order valence-electron chi connectivity index (χ0n) is 18.4. The summed E-state index contributed by atoms with van der Waals surface area (Å²) in [7, 11) is 0. The van der Waals surface area contributed by atoms with E-state index in [1.54, 1.807) is 24.3 Å². The number of Topliss-reactive ketones (excluding diaryl/α,β-unsaturated/α-hetero) is 1. The van der Waals surface area contributed by atoms with Crippen molar-refractivity contribution >= 4 is 29.1 Å². The maximum Gasteiger partial charge on any atom is 0.237 e. The van der Waals surface area contributed by atoms with Gasteiger partial charge in [-0.2, -0.15) is 0 Å². The molecule has 4 rings (SSSR count). The van der Waals surface area contributed by atoms with Gasteiger partial charge in [-0.15, -0.1) is 0 Å². The molecule has 1 N–H and O–H groups in total. The predicted molar refractivity (Wildman–Crippen MR) is 133 cm³/mol. The molecule has 0 aliphatic heterocycles. The smallest absolute Gasteiger partial charge is 0.237 e. The van der Waals surface area contributed by atoms with Gasteiger partial charge in [0.1, 0.15) is 0 Å². The van der Waals surface area contributed by atoms with Crippen LogP contribution in [0.25, 0.3) is 22.5 Å². The number of carbonyl (C=O) groups excluding carboxylic acids is 2. The Morgan fingerprint density at radius 3 is 1.79 bits per heavy atom. The second-order valence-electron chi connectivity index (χ2n) is 7.54. The lowest BCUT2D eigenvalue weighted by Gasteiger charge is -2.13. The van der Waals surface area contributed by atoms with Gasteiger partial charge < -0.3 is 5.32 Å². The van der Waals surface area contributed by atoms with Crippen LogP contribution in [0.15, 0.2) is 96.2 Å². The van der Waals surface area contributed by atoms with E-state index in [1.165, 1.54) is 18.7 Å². The number of nitrogens with one attached hydrogen (secondary N) is 1. The lowest BCUT2D eigenvalue weighted by Crippen LogP contribution is -2.22. The van der Waals surface area contributed by atoms with Crippen molar-refractivity contribution in [1.29, 1.82) is 0 Å². The van der Waals surface area contributed by atoms with Crippen LogP contribution in [0.2, 0.25) is 0 Å². The van der Waals surface area contributed by atoms with Crippen LogP contribution in [-0.4, -0.2) is 26.9 Å². The van der Waals surface area contributed by atoms with Gasteiger partial charge in [0.25, 0.3) is 0 Å². The van der Waals surface area contributed by atoms with Gasteiger partial charge in [-0.25, -0.2) is 9.97 Å². The molecular weight excluding hydrogens is 430 g/mol. The van der Waals surface area contributed by atoms with Crippen LogP contribution in [-0.2, 0) is 4.79 Å². The molecule has 33 heavy (non-hydrogen) atoms. The first kappa shape index (κ1) is 22.4. The molecule has 0 aliphatic rings. The second-order valence-corrected chi connectivity index (χ2v) is 8.84. The molecule has 6 heteroatoms. The van der Waals surface area contributed by atoms with Gasteiger partial charge in [0.2, 0.25) is 5.91 Å². The van der Waals surface area contributed by atoms with E-state index < -0.39 is 5.25 Å². The minimum absolute atomic E-state index is 0.0125.